The molecule has 0 heterocycles. The van der Waals surface area contributed by atoms with Crippen molar-refractivity contribution in [3.05, 3.63) is 0 Å². The van der Waals surface area contributed by atoms with Gasteiger partial charge in [-0.3, -0.25) is 9.59 Å². The van der Waals surface area contributed by atoms with Gasteiger partial charge < -0.3 is 21.3 Å². The van der Waals surface area contributed by atoms with Gasteiger partial charge in [0, 0.05) is 0 Å². The predicted molar refractivity (Wildman–Crippen MR) is 63.3 cm³/mol. The molecule has 0 saturated heterocycles. The third-order valence-electron chi connectivity index (χ3n) is 2.39. The van der Waals surface area contributed by atoms with Crippen LogP contribution in [0.1, 0.15) is 39.0 Å². The van der Waals surface area contributed by atoms with Gasteiger partial charge in [0.25, 0.3) is 0 Å². The minimum absolute atomic E-state index is 0.311. The smallest absolute Gasteiger partial charge is 0.322 e. The van der Waals surface area contributed by atoms with Crippen molar-refractivity contribution in [2.45, 2.75) is 51.1 Å². The van der Waals surface area contributed by atoms with Crippen molar-refractivity contribution in [3.8, 4) is 0 Å². The fraction of sp³-hybridized carbons (Fsp3) is 0.818. The number of hydrogen-bond donors (Lipinski definition) is 3. The molecular weight excluding hydrogens is 224 g/mol. The molecule has 100 valence electrons. The molecule has 5 N–H and O–H groups in total. The van der Waals surface area contributed by atoms with Crippen molar-refractivity contribution >= 4 is 11.9 Å². The van der Waals surface area contributed by atoms with Crippen LogP contribution < -0.4 is 11.5 Å². The van der Waals surface area contributed by atoms with Crippen LogP contribution in [0.15, 0.2) is 0 Å². The van der Waals surface area contributed by atoms with E-state index in [1.165, 1.54) is 0 Å². The summed E-state index contributed by atoms with van der Waals surface area (Å²) in [5, 5.41) is 8.55. The van der Waals surface area contributed by atoms with Gasteiger partial charge in [-0.2, -0.15) is 0 Å². The molecule has 0 aliphatic heterocycles. The van der Waals surface area contributed by atoms with E-state index in [1.54, 1.807) is 0 Å². The maximum absolute atomic E-state index is 11.3. The Morgan fingerprint density at radius 2 is 1.76 bits per heavy atom. The first-order chi connectivity index (χ1) is 7.99. The summed E-state index contributed by atoms with van der Waals surface area (Å²) in [5.41, 5.74) is 10.9. The maximum atomic E-state index is 11.3. The molecule has 0 aromatic heterocycles. The van der Waals surface area contributed by atoms with Crippen LogP contribution in [0.3, 0.4) is 0 Å². The Morgan fingerprint density at radius 3 is 2.29 bits per heavy atom. The van der Waals surface area contributed by atoms with Crippen LogP contribution >= 0.6 is 0 Å². The van der Waals surface area contributed by atoms with Crippen LogP contribution in [0, 0.1) is 0 Å². The van der Waals surface area contributed by atoms with Crippen molar-refractivity contribution in [1.82, 2.24) is 0 Å². The summed E-state index contributed by atoms with van der Waals surface area (Å²) in [4.78, 5) is 21.8. The number of carbonyl (C=O) groups is 2. The van der Waals surface area contributed by atoms with Crippen LogP contribution in [0.4, 0.5) is 0 Å². The van der Waals surface area contributed by atoms with Crippen molar-refractivity contribution in [2.75, 3.05) is 6.61 Å². The summed E-state index contributed by atoms with van der Waals surface area (Å²) in [5.74, 6) is -1.47. The van der Waals surface area contributed by atoms with E-state index in [1.807, 2.05) is 6.92 Å². The highest BCUT2D eigenvalue weighted by molar-refractivity contribution is 5.75. The highest BCUT2D eigenvalue weighted by atomic mass is 16.5. The van der Waals surface area contributed by atoms with Gasteiger partial charge in [0.15, 0.2) is 0 Å². The predicted octanol–water partition coefficient (Wildman–Crippen LogP) is 0.239. The molecule has 17 heavy (non-hydrogen) atoms. The van der Waals surface area contributed by atoms with Gasteiger partial charge in [0.05, 0.1) is 6.61 Å². The fourth-order valence-electron chi connectivity index (χ4n) is 1.22. The van der Waals surface area contributed by atoms with Gasteiger partial charge in [-0.1, -0.05) is 13.3 Å². The molecule has 2 atom stereocenters. The number of carboxylic acid groups (broad SMARTS) is 1. The topological polar surface area (TPSA) is 116 Å². The molecular formula is C11H22N2O4. The van der Waals surface area contributed by atoms with E-state index in [4.69, 9.17) is 21.3 Å². The van der Waals surface area contributed by atoms with Crippen molar-refractivity contribution in [1.29, 1.82) is 0 Å². The summed E-state index contributed by atoms with van der Waals surface area (Å²) < 4.78 is 4.94. The Kier molecular flexibility index (Phi) is 8.35. The number of carboxylic acids is 1. The highest BCUT2D eigenvalue weighted by Gasteiger charge is 2.16. The molecule has 0 aromatic rings. The van der Waals surface area contributed by atoms with Gasteiger partial charge in [0.1, 0.15) is 12.1 Å². The van der Waals surface area contributed by atoms with Crippen molar-refractivity contribution < 1.29 is 19.4 Å². The van der Waals surface area contributed by atoms with Gasteiger partial charge in [-0.25, -0.2) is 0 Å². The first-order valence-corrected chi connectivity index (χ1v) is 5.89. The first kappa shape index (κ1) is 15.9. The number of esters is 1. The molecule has 0 aromatic carbocycles. The summed E-state index contributed by atoms with van der Waals surface area (Å²) in [6, 6.07) is -1.58. The highest BCUT2D eigenvalue weighted by Crippen LogP contribution is 2.04. The zero-order valence-electron chi connectivity index (χ0n) is 10.2. The quantitative estimate of drug-likeness (QED) is 0.396. The number of ether oxygens (including phenoxy) is 1. The summed E-state index contributed by atoms with van der Waals surface area (Å²) >= 11 is 0. The van der Waals surface area contributed by atoms with E-state index < -0.39 is 24.0 Å². The lowest BCUT2D eigenvalue weighted by molar-refractivity contribution is -0.145. The van der Waals surface area contributed by atoms with Crippen molar-refractivity contribution in [2.24, 2.45) is 11.5 Å². The number of nitrogens with two attached hydrogens (primary N) is 2. The monoisotopic (exact) mass is 246 g/mol. The van der Waals surface area contributed by atoms with E-state index >= 15 is 0 Å². The second kappa shape index (κ2) is 8.95. The third kappa shape index (κ3) is 7.70. The Hall–Kier alpha value is -1.14. The van der Waals surface area contributed by atoms with E-state index in [0.29, 0.717) is 25.9 Å². The lowest BCUT2D eigenvalue weighted by Gasteiger charge is -2.12. The standard InChI is InChI=1S/C11H22N2O4/c1-2-3-7-17-11(16)9(13)6-4-5-8(12)10(14)15/h8-9H,2-7,12-13H2,1H3,(H,14,15). The second-order valence-corrected chi connectivity index (χ2v) is 4.00. The molecule has 0 saturated carbocycles. The molecule has 0 radical (unpaired) electrons. The molecule has 0 aliphatic carbocycles. The number of aliphatic carboxylic acids is 1. The number of carbonyl (C=O) groups excluding carboxylic acids is 1. The van der Waals surface area contributed by atoms with E-state index in [2.05, 4.69) is 0 Å². The molecule has 0 rings (SSSR count). The summed E-state index contributed by atoms with van der Waals surface area (Å²) in [7, 11) is 0. The van der Waals surface area contributed by atoms with Gasteiger partial charge in [0.2, 0.25) is 0 Å². The van der Waals surface area contributed by atoms with E-state index in [0.717, 1.165) is 12.8 Å². The number of hydrogen-bond acceptors (Lipinski definition) is 5. The van der Waals surface area contributed by atoms with E-state index in [9.17, 15) is 9.59 Å². The van der Waals surface area contributed by atoms with Crippen LogP contribution in [0.5, 0.6) is 0 Å². The maximum Gasteiger partial charge on any atom is 0.322 e. The minimum Gasteiger partial charge on any atom is -0.480 e. The van der Waals surface area contributed by atoms with Gasteiger partial charge >= 0.3 is 11.9 Å². The molecule has 6 heteroatoms. The molecule has 0 spiro atoms. The zero-order chi connectivity index (χ0) is 13.3. The average Bonchev–Trinajstić information content (AvgIpc) is 2.28. The third-order valence-corrected chi connectivity index (χ3v) is 2.39. The molecule has 0 aliphatic rings. The Morgan fingerprint density at radius 1 is 1.18 bits per heavy atom. The van der Waals surface area contributed by atoms with E-state index in [-0.39, 0.29) is 0 Å². The Balaban J connectivity index is 3.67. The molecule has 0 bridgehead atoms. The normalized spacial score (nSPS) is 14.1. The summed E-state index contributed by atoms with van der Waals surface area (Å²) in [6.45, 7) is 2.39. The van der Waals surface area contributed by atoms with Crippen molar-refractivity contribution in [3.63, 3.8) is 0 Å². The number of unbranched alkanes of at least 4 members (excludes halogenated alkanes) is 1. The van der Waals surface area contributed by atoms with Crippen LogP contribution in [-0.4, -0.2) is 35.7 Å². The largest absolute Gasteiger partial charge is 0.480 e. The van der Waals surface area contributed by atoms with Crippen LogP contribution in [0.2, 0.25) is 0 Å². The second-order valence-electron chi connectivity index (χ2n) is 4.00. The van der Waals surface area contributed by atoms with Crippen LogP contribution in [0.25, 0.3) is 0 Å². The lowest BCUT2D eigenvalue weighted by Crippen LogP contribution is -2.34. The average molecular weight is 246 g/mol. The summed E-state index contributed by atoms with van der Waals surface area (Å²) in [6.07, 6.45) is 2.98. The SMILES string of the molecule is CCCCOC(=O)C(N)CCCC(N)C(=O)O. The molecule has 2 unspecified atom stereocenters. The van der Waals surface area contributed by atoms with Crippen LogP contribution in [-0.2, 0) is 14.3 Å². The molecule has 0 amide bonds. The van der Waals surface area contributed by atoms with Gasteiger partial charge in [-0.05, 0) is 25.7 Å². The molecule has 6 nitrogen and oxygen atoms in total. The fourth-order valence-corrected chi connectivity index (χ4v) is 1.22. The molecule has 0 fully saturated rings. The zero-order valence-corrected chi connectivity index (χ0v) is 10.2. The van der Waals surface area contributed by atoms with Gasteiger partial charge in [-0.15, -0.1) is 0 Å². The Bertz CT molecular complexity index is 246. The Labute approximate surface area is 101 Å². The first-order valence-electron chi connectivity index (χ1n) is 5.89. The lowest BCUT2D eigenvalue weighted by atomic mass is 10.1. The minimum atomic E-state index is -1.04. The number of rotatable bonds is 9.